The summed E-state index contributed by atoms with van der Waals surface area (Å²) < 4.78 is 6.89. The standard InChI is InChI=1S/C19H28N6O2/c1-23(2)18-6-5-15(10-20-18)12-24-7-4-8-25-17(13-24)9-16(22-25)11-21-19(26)14-27-3/h5-6,9-10H,4,7-8,11-14H2,1-3H3,(H,21,26). The van der Waals surface area contributed by atoms with Crippen LogP contribution in [0.25, 0.3) is 0 Å². The lowest BCUT2D eigenvalue weighted by molar-refractivity contribution is -0.124. The maximum absolute atomic E-state index is 11.5. The minimum absolute atomic E-state index is 0.0714. The van der Waals surface area contributed by atoms with Crippen molar-refractivity contribution in [1.82, 2.24) is 25.0 Å². The highest BCUT2D eigenvalue weighted by Crippen LogP contribution is 2.17. The molecule has 146 valence electrons. The highest BCUT2D eigenvalue weighted by Gasteiger charge is 2.17. The van der Waals surface area contributed by atoms with E-state index < -0.39 is 0 Å². The number of carbonyl (C=O) groups excluding carboxylic acids is 1. The molecule has 0 saturated heterocycles. The van der Waals surface area contributed by atoms with Gasteiger partial charge in [-0.1, -0.05) is 6.07 Å². The zero-order valence-electron chi connectivity index (χ0n) is 16.3. The second kappa shape index (κ2) is 8.96. The molecule has 0 spiro atoms. The summed E-state index contributed by atoms with van der Waals surface area (Å²) in [5.74, 6) is 0.837. The Kier molecular flexibility index (Phi) is 6.41. The van der Waals surface area contributed by atoms with E-state index in [0.29, 0.717) is 6.54 Å². The van der Waals surface area contributed by atoms with E-state index in [9.17, 15) is 4.79 Å². The molecule has 0 radical (unpaired) electrons. The van der Waals surface area contributed by atoms with Crippen LogP contribution in [0.1, 0.15) is 23.4 Å². The third-order valence-corrected chi connectivity index (χ3v) is 4.56. The van der Waals surface area contributed by atoms with E-state index >= 15 is 0 Å². The molecule has 0 saturated carbocycles. The third-order valence-electron chi connectivity index (χ3n) is 4.56. The topological polar surface area (TPSA) is 75.5 Å². The Hall–Kier alpha value is -2.45. The Balaban J connectivity index is 1.60. The van der Waals surface area contributed by atoms with Crippen LogP contribution >= 0.6 is 0 Å². The van der Waals surface area contributed by atoms with E-state index in [1.54, 1.807) is 0 Å². The molecule has 8 nitrogen and oxygen atoms in total. The molecule has 0 aliphatic carbocycles. The monoisotopic (exact) mass is 372 g/mol. The lowest BCUT2D eigenvalue weighted by Crippen LogP contribution is -2.26. The Morgan fingerprint density at radius 2 is 2.19 bits per heavy atom. The van der Waals surface area contributed by atoms with Gasteiger partial charge in [0, 0.05) is 53.6 Å². The largest absolute Gasteiger partial charge is 0.375 e. The molecule has 8 heteroatoms. The predicted molar refractivity (Wildman–Crippen MR) is 103 cm³/mol. The number of pyridine rings is 1. The first-order valence-corrected chi connectivity index (χ1v) is 9.21. The van der Waals surface area contributed by atoms with Gasteiger partial charge in [0.15, 0.2) is 0 Å². The summed E-state index contributed by atoms with van der Waals surface area (Å²) in [6.45, 7) is 4.13. The van der Waals surface area contributed by atoms with Crippen molar-refractivity contribution in [1.29, 1.82) is 0 Å². The van der Waals surface area contributed by atoms with Crippen molar-refractivity contribution in [3.8, 4) is 0 Å². The number of fused-ring (bicyclic) bond motifs is 1. The molecular formula is C19H28N6O2. The molecule has 0 fully saturated rings. The van der Waals surface area contributed by atoms with Crippen molar-refractivity contribution >= 4 is 11.7 Å². The van der Waals surface area contributed by atoms with E-state index in [0.717, 1.165) is 44.1 Å². The Morgan fingerprint density at radius 1 is 1.33 bits per heavy atom. The van der Waals surface area contributed by atoms with Crippen molar-refractivity contribution in [2.45, 2.75) is 32.6 Å². The first-order chi connectivity index (χ1) is 13.0. The number of nitrogens with one attached hydrogen (secondary N) is 1. The van der Waals surface area contributed by atoms with E-state index in [1.807, 2.05) is 25.2 Å². The van der Waals surface area contributed by atoms with E-state index in [1.165, 1.54) is 18.4 Å². The van der Waals surface area contributed by atoms with Gasteiger partial charge in [0.25, 0.3) is 0 Å². The first kappa shape index (κ1) is 19.3. The quantitative estimate of drug-likeness (QED) is 0.782. The van der Waals surface area contributed by atoms with Gasteiger partial charge in [-0.25, -0.2) is 4.98 Å². The first-order valence-electron chi connectivity index (χ1n) is 9.21. The van der Waals surface area contributed by atoms with Gasteiger partial charge in [-0.3, -0.25) is 14.4 Å². The number of anilines is 1. The zero-order valence-corrected chi connectivity index (χ0v) is 16.3. The maximum Gasteiger partial charge on any atom is 0.246 e. The molecule has 1 aliphatic rings. The summed E-state index contributed by atoms with van der Waals surface area (Å²) in [7, 11) is 5.50. The normalized spacial score (nSPS) is 14.5. The fraction of sp³-hybridized carbons (Fsp3) is 0.526. The Bertz CT molecular complexity index is 756. The van der Waals surface area contributed by atoms with Gasteiger partial charge in [0.1, 0.15) is 12.4 Å². The fourth-order valence-electron chi connectivity index (χ4n) is 3.21. The molecule has 27 heavy (non-hydrogen) atoms. The van der Waals surface area contributed by atoms with E-state index in [2.05, 4.69) is 43.2 Å². The summed E-state index contributed by atoms with van der Waals surface area (Å²) in [5, 5.41) is 7.46. The number of hydrogen-bond acceptors (Lipinski definition) is 6. The predicted octanol–water partition coefficient (Wildman–Crippen LogP) is 1.01. The van der Waals surface area contributed by atoms with Crippen LogP contribution in [0.15, 0.2) is 24.4 Å². The molecule has 3 heterocycles. The molecule has 2 aromatic rings. The second-order valence-corrected chi connectivity index (χ2v) is 7.04. The van der Waals surface area contributed by atoms with Gasteiger partial charge in [0.05, 0.1) is 17.9 Å². The van der Waals surface area contributed by atoms with Crippen molar-refractivity contribution in [2.75, 3.05) is 39.3 Å². The van der Waals surface area contributed by atoms with Crippen LogP contribution in [-0.4, -0.2) is 59.9 Å². The molecule has 0 unspecified atom stereocenters. The summed E-state index contributed by atoms with van der Waals surface area (Å²) in [6, 6.07) is 6.28. The Labute approximate surface area is 160 Å². The van der Waals surface area contributed by atoms with Gasteiger partial charge in [0.2, 0.25) is 5.91 Å². The van der Waals surface area contributed by atoms with Gasteiger partial charge < -0.3 is 15.0 Å². The minimum atomic E-state index is -0.129. The fourth-order valence-corrected chi connectivity index (χ4v) is 3.21. The lowest BCUT2D eigenvalue weighted by atomic mass is 10.2. The van der Waals surface area contributed by atoms with Gasteiger partial charge in [-0.2, -0.15) is 5.10 Å². The molecule has 1 N–H and O–H groups in total. The number of aromatic nitrogens is 3. The lowest BCUT2D eigenvalue weighted by Gasteiger charge is -2.20. The molecule has 0 bridgehead atoms. The summed E-state index contributed by atoms with van der Waals surface area (Å²) in [4.78, 5) is 20.5. The summed E-state index contributed by atoms with van der Waals surface area (Å²) in [5.41, 5.74) is 3.27. The zero-order chi connectivity index (χ0) is 19.2. The van der Waals surface area contributed by atoms with Crippen LogP contribution in [-0.2, 0) is 35.7 Å². The summed E-state index contributed by atoms with van der Waals surface area (Å²) >= 11 is 0. The van der Waals surface area contributed by atoms with Gasteiger partial charge in [-0.05, 0) is 24.1 Å². The van der Waals surface area contributed by atoms with Crippen molar-refractivity contribution in [2.24, 2.45) is 0 Å². The number of methoxy groups -OCH3 is 1. The van der Waals surface area contributed by atoms with Crippen LogP contribution in [0, 0.1) is 0 Å². The van der Waals surface area contributed by atoms with Crippen LogP contribution in [0.5, 0.6) is 0 Å². The number of carbonyl (C=O) groups is 1. The second-order valence-electron chi connectivity index (χ2n) is 7.04. The smallest absolute Gasteiger partial charge is 0.246 e. The molecule has 0 aromatic carbocycles. The van der Waals surface area contributed by atoms with E-state index in [-0.39, 0.29) is 12.5 Å². The Morgan fingerprint density at radius 3 is 2.89 bits per heavy atom. The molecule has 1 aliphatic heterocycles. The van der Waals surface area contributed by atoms with Crippen LogP contribution < -0.4 is 10.2 Å². The van der Waals surface area contributed by atoms with Crippen molar-refractivity contribution in [3.05, 3.63) is 41.3 Å². The van der Waals surface area contributed by atoms with Crippen LogP contribution in [0.3, 0.4) is 0 Å². The van der Waals surface area contributed by atoms with Crippen molar-refractivity contribution in [3.63, 3.8) is 0 Å². The average molecular weight is 372 g/mol. The van der Waals surface area contributed by atoms with Gasteiger partial charge in [-0.15, -0.1) is 0 Å². The molecule has 1 amide bonds. The SMILES string of the molecule is COCC(=O)NCc1cc2n(n1)CCCN(Cc1ccc(N(C)C)nc1)C2. The molecule has 2 aromatic heterocycles. The average Bonchev–Trinajstić information content (AvgIpc) is 2.93. The third kappa shape index (κ3) is 5.27. The number of amides is 1. The molecular weight excluding hydrogens is 344 g/mol. The van der Waals surface area contributed by atoms with Crippen LogP contribution in [0.2, 0.25) is 0 Å². The number of hydrogen-bond donors (Lipinski definition) is 1. The highest BCUT2D eigenvalue weighted by molar-refractivity contribution is 5.77. The van der Waals surface area contributed by atoms with Crippen LogP contribution in [0.4, 0.5) is 5.82 Å². The number of nitrogens with zero attached hydrogens (tertiary/aromatic N) is 5. The molecule has 0 atom stereocenters. The number of rotatable bonds is 7. The van der Waals surface area contributed by atoms with Crippen molar-refractivity contribution < 1.29 is 9.53 Å². The minimum Gasteiger partial charge on any atom is -0.375 e. The maximum atomic E-state index is 11.5. The van der Waals surface area contributed by atoms with E-state index in [4.69, 9.17) is 4.74 Å². The molecule has 3 rings (SSSR count). The summed E-state index contributed by atoms with van der Waals surface area (Å²) in [6.07, 6.45) is 3.00. The highest BCUT2D eigenvalue weighted by atomic mass is 16.5. The number of aryl methyl sites for hydroxylation is 1. The number of ether oxygens (including phenoxy) is 1. The van der Waals surface area contributed by atoms with Gasteiger partial charge >= 0.3 is 0 Å².